The van der Waals surface area contributed by atoms with Gasteiger partial charge in [0.25, 0.3) is 11.7 Å². The fourth-order valence-corrected chi connectivity index (χ4v) is 2.95. The number of aliphatic hydroxyl groups is 1. The quantitative estimate of drug-likeness (QED) is 0.638. The van der Waals surface area contributed by atoms with Crippen molar-refractivity contribution in [2.45, 2.75) is 25.7 Å². The Kier molecular flexibility index (Phi) is 4.88. The lowest BCUT2D eigenvalue weighted by atomic mass is 10.1. The summed E-state index contributed by atoms with van der Waals surface area (Å²) in [6, 6.07) is 2.36. The van der Waals surface area contributed by atoms with Gasteiger partial charge in [-0.25, -0.2) is 4.39 Å². The molecule has 0 unspecified atom stereocenters. The van der Waals surface area contributed by atoms with Gasteiger partial charge >= 0.3 is 0 Å². The number of aliphatic hydroxyl groups excluding tert-OH is 1. The van der Waals surface area contributed by atoms with Crippen LogP contribution in [0.3, 0.4) is 0 Å². The minimum absolute atomic E-state index is 0.122. The summed E-state index contributed by atoms with van der Waals surface area (Å²) in [7, 11) is 0. The first-order chi connectivity index (χ1) is 9.56. The maximum atomic E-state index is 13.3. The summed E-state index contributed by atoms with van der Waals surface area (Å²) in [6.07, 6.45) is 3.22. The van der Waals surface area contributed by atoms with E-state index in [1.165, 1.54) is 11.0 Å². The molecule has 6 heteroatoms. The summed E-state index contributed by atoms with van der Waals surface area (Å²) in [4.78, 5) is 25.2. The van der Waals surface area contributed by atoms with Gasteiger partial charge in [0.2, 0.25) is 0 Å². The van der Waals surface area contributed by atoms with Crippen LogP contribution in [-0.4, -0.2) is 29.9 Å². The molecule has 4 nitrogen and oxygen atoms in total. The van der Waals surface area contributed by atoms with Gasteiger partial charge < -0.3 is 10.0 Å². The van der Waals surface area contributed by atoms with E-state index in [4.69, 9.17) is 5.11 Å². The van der Waals surface area contributed by atoms with Gasteiger partial charge in [-0.3, -0.25) is 9.59 Å². The van der Waals surface area contributed by atoms with Gasteiger partial charge in [0.15, 0.2) is 0 Å². The van der Waals surface area contributed by atoms with Gasteiger partial charge in [-0.1, -0.05) is 12.8 Å². The van der Waals surface area contributed by atoms with E-state index in [-0.39, 0.29) is 12.2 Å². The number of hydrogen-bond acceptors (Lipinski definition) is 3. The molecule has 1 aliphatic rings. The average molecular weight is 344 g/mol. The van der Waals surface area contributed by atoms with E-state index in [0.717, 1.165) is 31.7 Å². The molecular weight excluding hydrogens is 329 g/mol. The minimum atomic E-state index is -0.657. The SMILES string of the molecule is O=C1C(=O)N(CCCCCCO)c2c(Br)cc(F)cc21. The van der Waals surface area contributed by atoms with Crippen molar-refractivity contribution >= 4 is 33.3 Å². The highest BCUT2D eigenvalue weighted by atomic mass is 79.9. The fourth-order valence-electron chi connectivity index (χ4n) is 2.30. The molecule has 20 heavy (non-hydrogen) atoms. The fraction of sp³-hybridized carbons (Fsp3) is 0.429. The molecule has 1 N–H and O–H groups in total. The van der Waals surface area contributed by atoms with Crippen molar-refractivity contribution in [3.63, 3.8) is 0 Å². The standard InChI is InChI=1S/C14H15BrFNO3/c15-11-8-9(16)7-10-12(11)17(14(20)13(10)19)5-3-1-2-4-6-18/h7-8,18H,1-6H2. The molecule has 0 bridgehead atoms. The van der Waals surface area contributed by atoms with Gasteiger partial charge in [0.1, 0.15) is 5.82 Å². The zero-order valence-corrected chi connectivity index (χ0v) is 12.5. The van der Waals surface area contributed by atoms with E-state index in [2.05, 4.69) is 15.9 Å². The van der Waals surface area contributed by atoms with Crippen LogP contribution in [0, 0.1) is 5.82 Å². The number of amides is 1. The zero-order valence-electron chi connectivity index (χ0n) is 10.9. The second-order valence-electron chi connectivity index (χ2n) is 4.71. The summed E-state index contributed by atoms with van der Waals surface area (Å²) in [5.41, 5.74) is 0.584. The Morgan fingerprint density at radius 2 is 1.85 bits per heavy atom. The average Bonchev–Trinajstić information content (AvgIpc) is 2.64. The van der Waals surface area contributed by atoms with Gasteiger partial charge in [0, 0.05) is 17.6 Å². The molecule has 0 atom stereocenters. The van der Waals surface area contributed by atoms with Crippen molar-refractivity contribution in [2.75, 3.05) is 18.1 Å². The second-order valence-corrected chi connectivity index (χ2v) is 5.56. The number of ketones is 1. The summed E-state index contributed by atoms with van der Waals surface area (Å²) < 4.78 is 13.7. The van der Waals surface area contributed by atoms with Gasteiger partial charge in [0.05, 0.1) is 11.3 Å². The number of Topliss-reactive ketones (excluding diaryl/α,β-unsaturated/α-hetero) is 1. The Bertz CT molecular complexity index is 547. The molecular formula is C14H15BrFNO3. The van der Waals surface area contributed by atoms with Crippen LogP contribution in [0.5, 0.6) is 0 Å². The number of carbonyl (C=O) groups is 2. The highest BCUT2D eigenvalue weighted by Crippen LogP contribution is 2.37. The molecule has 1 aromatic carbocycles. The topological polar surface area (TPSA) is 57.6 Å². The van der Waals surface area contributed by atoms with Crippen molar-refractivity contribution in [2.24, 2.45) is 0 Å². The van der Waals surface area contributed by atoms with Crippen molar-refractivity contribution in [1.29, 1.82) is 0 Å². The maximum Gasteiger partial charge on any atom is 0.299 e. The van der Waals surface area contributed by atoms with Crippen LogP contribution in [0.15, 0.2) is 16.6 Å². The number of anilines is 1. The predicted octanol–water partition coefficient (Wildman–Crippen LogP) is 2.67. The van der Waals surface area contributed by atoms with E-state index in [1.807, 2.05) is 0 Å². The van der Waals surface area contributed by atoms with E-state index in [0.29, 0.717) is 16.7 Å². The Labute approximate surface area is 124 Å². The molecule has 0 saturated heterocycles. The number of fused-ring (bicyclic) bond motifs is 1. The van der Waals surface area contributed by atoms with Crippen molar-refractivity contribution in [3.8, 4) is 0 Å². The highest BCUT2D eigenvalue weighted by Gasteiger charge is 2.37. The molecule has 2 rings (SSSR count). The number of benzene rings is 1. The Morgan fingerprint density at radius 3 is 2.55 bits per heavy atom. The summed E-state index contributed by atoms with van der Waals surface area (Å²) in [5.74, 6) is -1.80. The number of unbranched alkanes of at least 4 members (excludes halogenated alkanes) is 3. The molecule has 0 fully saturated rings. The number of hydrogen-bond donors (Lipinski definition) is 1. The molecule has 108 valence electrons. The number of rotatable bonds is 6. The lowest BCUT2D eigenvalue weighted by molar-refractivity contribution is -0.114. The summed E-state index contributed by atoms with van der Waals surface area (Å²) >= 11 is 3.21. The first-order valence-electron chi connectivity index (χ1n) is 6.52. The molecule has 0 radical (unpaired) electrons. The predicted molar refractivity (Wildman–Crippen MR) is 76.3 cm³/mol. The van der Waals surface area contributed by atoms with E-state index < -0.39 is 17.5 Å². The van der Waals surface area contributed by atoms with E-state index >= 15 is 0 Å². The molecule has 0 spiro atoms. The molecule has 1 aliphatic heterocycles. The second kappa shape index (κ2) is 6.45. The van der Waals surface area contributed by atoms with Crippen molar-refractivity contribution in [3.05, 3.63) is 28.0 Å². The Balaban J connectivity index is 2.12. The van der Waals surface area contributed by atoms with Gasteiger partial charge in [-0.15, -0.1) is 0 Å². The lowest BCUT2D eigenvalue weighted by Gasteiger charge is -2.17. The van der Waals surface area contributed by atoms with Crippen LogP contribution in [-0.2, 0) is 4.79 Å². The van der Waals surface area contributed by atoms with Gasteiger partial charge in [-0.2, -0.15) is 0 Å². The molecule has 0 saturated carbocycles. The monoisotopic (exact) mass is 343 g/mol. The Hall–Kier alpha value is -1.27. The van der Waals surface area contributed by atoms with Crippen LogP contribution in [0.25, 0.3) is 0 Å². The van der Waals surface area contributed by atoms with Crippen LogP contribution in [0.1, 0.15) is 36.0 Å². The van der Waals surface area contributed by atoms with Crippen LogP contribution in [0.2, 0.25) is 0 Å². The van der Waals surface area contributed by atoms with Crippen LogP contribution < -0.4 is 4.90 Å². The number of nitrogens with zero attached hydrogens (tertiary/aromatic N) is 1. The summed E-state index contributed by atoms with van der Waals surface area (Å²) in [5, 5.41) is 8.70. The molecule has 0 aliphatic carbocycles. The van der Waals surface area contributed by atoms with Crippen molar-refractivity contribution < 1.29 is 19.1 Å². The zero-order chi connectivity index (χ0) is 14.7. The first-order valence-corrected chi connectivity index (χ1v) is 7.31. The maximum absolute atomic E-state index is 13.3. The Morgan fingerprint density at radius 1 is 1.15 bits per heavy atom. The normalized spacial score (nSPS) is 14.1. The third kappa shape index (κ3) is 2.91. The molecule has 1 amide bonds. The molecule has 1 aromatic rings. The minimum Gasteiger partial charge on any atom is -0.396 e. The van der Waals surface area contributed by atoms with Gasteiger partial charge in [-0.05, 0) is 40.9 Å². The smallest absolute Gasteiger partial charge is 0.299 e. The van der Waals surface area contributed by atoms with Crippen molar-refractivity contribution in [1.82, 2.24) is 0 Å². The number of carbonyl (C=O) groups excluding carboxylic acids is 2. The van der Waals surface area contributed by atoms with Crippen LogP contribution >= 0.6 is 15.9 Å². The molecule has 0 aromatic heterocycles. The summed E-state index contributed by atoms with van der Waals surface area (Å²) in [6.45, 7) is 0.585. The van der Waals surface area contributed by atoms with Crippen LogP contribution in [0.4, 0.5) is 10.1 Å². The first kappa shape index (κ1) is 15.1. The third-order valence-corrected chi connectivity index (χ3v) is 3.88. The number of halogens is 2. The lowest BCUT2D eigenvalue weighted by Crippen LogP contribution is -2.30. The third-order valence-electron chi connectivity index (χ3n) is 3.27. The largest absolute Gasteiger partial charge is 0.396 e. The highest BCUT2D eigenvalue weighted by molar-refractivity contribution is 9.10. The van der Waals surface area contributed by atoms with E-state index in [1.54, 1.807) is 0 Å². The van der Waals surface area contributed by atoms with E-state index in [9.17, 15) is 14.0 Å². The molecule has 1 heterocycles.